The molecule has 3 heteroatoms. The average molecular weight is 250 g/mol. The molecule has 0 saturated heterocycles. The molecule has 0 fully saturated rings. The number of rotatable bonds is 9. The molecule has 1 aromatic rings. The number of hydrogen-bond donors (Lipinski definition) is 2. The summed E-state index contributed by atoms with van der Waals surface area (Å²) in [6.07, 6.45) is 1.18. The molecule has 1 rings (SSSR count). The summed E-state index contributed by atoms with van der Waals surface area (Å²) in [5, 5.41) is 6.74. The largest absolute Gasteiger partial charge is 0.493 e. The lowest BCUT2D eigenvalue weighted by Crippen LogP contribution is -2.22. The molecule has 0 aromatic heterocycles. The van der Waals surface area contributed by atoms with Crippen molar-refractivity contribution in [3.63, 3.8) is 0 Å². The first-order chi connectivity index (χ1) is 8.72. The number of benzene rings is 1. The molecule has 18 heavy (non-hydrogen) atoms. The highest BCUT2D eigenvalue weighted by Crippen LogP contribution is 2.16. The van der Waals surface area contributed by atoms with E-state index in [2.05, 4.69) is 43.5 Å². The van der Waals surface area contributed by atoms with E-state index < -0.39 is 0 Å². The van der Waals surface area contributed by atoms with E-state index in [1.54, 1.807) is 0 Å². The molecular formula is C15H26N2O. The Bertz CT molecular complexity index is 309. The Morgan fingerprint density at radius 1 is 1.06 bits per heavy atom. The molecular weight excluding hydrogens is 224 g/mol. The second-order valence-corrected chi connectivity index (χ2v) is 4.91. The summed E-state index contributed by atoms with van der Waals surface area (Å²) in [7, 11) is 0. The second-order valence-electron chi connectivity index (χ2n) is 4.91. The van der Waals surface area contributed by atoms with Crippen molar-refractivity contribution < 1.29 is 4.74 Å². The summed E-state index contributed by atoms with van der Waals surface area (Å²) >= 11 is 0. The van der Waals surface area contributed by atoms with Gasteiger partial charge >= 0.3 is 0 Å². The van der Waals surface area contributed by atoms with Crippen LogP contribution < -0.4 is 15.4 Å². The molecule has 0 unspecified atom stereocenters. The van der Waals surface area contributed by atoms with Gasteiger partial charge in [-0.3, -0.25) is 0 Å². The fourth-order valence-corrected chi connectivity index (χ4v) is 1.53. The van der Waals surface area contributed by atoms with Gasteiger partial charge in [0.05, 0.1) is 6.61 Å². The van der Waals surface area contributed by atoms with Crippen molar-refractivity contribution in [2.75, 3.05) is 31.6 Å². The predicted octanol–water partition coefficient (Wildman–Crippen LogP) is 3.13. The highest BCUT2D eigenvalue weighted by molar-refractivity contribution is 5.46. The Labute approximate surface area is 111 Å². The highest BCUT2D eigenvalue weighted by atomic mass is 16.5. The molecule has 0 spiro atoms. The van der Waals surface area contributed by atoms with E-state index in [-0.39, 0.29) is 0 Å². The summed E-state index contributed by atoms with van der Waals surface area (Å²) in [5.41, 5.74) is 1.14. The van der Waals surface area contributed by atoms with Gasteiger partial charge in [0.15, 0.2) is 0 Å². The normalized spacial score (nSPS) is 10.7. The van der Waals surface area contributed by atoms with Crippen molar-refractivity contribution in [2.45, 2.75) is 27.2 Å². The maximum atomic E-state index is 5.64. The zero-order valence-corrected chi connectivity index (χ0v) is 11.8. The maximum absolute atomic E-state index is 5.64. The van der Waals surface area contributed by atoms with E-state index >= 15 is 0 Å². The van der Waals surface area contributed by atoms with Crippen LogP contribution in [0.25, 0.3) is 0 Å². The summed E-state index contributed by atoms with van der Waals surface area (Å²) in [4.78, 5) is 0. The summed E-state index contributed by atoms with van der Waals surface area (Å²) < 4.78 is 5.64. The standard InChI is InChI=1S/C15H26N2O/c1-4-9-16-10-11-17-14-5-7-15(8-6-14)18-12-13(2)3/h5-8,13,16-17H,4,9-12H2,1-3H3. The van der Waals surface area contributed by atoms with Crippen molar-refractivity contribution in [1.82, 2.24) is 5.32 Å². The SMILES string of the molecule is CCCNCCNc1ccc(OCC(C)C)cc1. The van der Waals surface area contributed by atoms with Crippen molar-refractivity contribution in [3.05, 3.63) is 24.3 Å². The van der Waals surface area contributed by atoms with Gasteiger partial charge in [0.25, 0.3) is 0 Å². The minimum Gasteiger partial charge on any atom is -0.493 e. The minimum absolute atomic E-state index is 0.562. The van der Waals surface area contributed by atoms with Gasteiger partial charge in [-0.25, -0.2) is 0 Å². The average Bonchev–Trinajstić information content (AvgIpc) is 2.37. The molecule has 0 aliphatic carbocycles. The molecule has 0 amide bonds. The maximum Gasteiger partial charge on any atom is 0.119 e. The molecule has 1 aromatic carbocycles. The molecule has 0 bridgehead atoms. The van der Waals surface area contributed by atoms with E-state index in [0.29, 0.717) is 5.92 Å². The van der Waals surface area contributed by atoms with Gasteiger partial charge in [-0.1, -0.05) is 20.8 Å². The lowest BCUT2D eigenvalue weighted by Gasteiger charge is -2.10. The molecule has 0 saturated carbocycles. The van der Waals surface area contributed by atoms with Crippen LogP contribution in [0.15, 0.2) is 24.3 Å². The highest BCUT2D eigenvalue weighted by Gasteiger charge is 1.97. The van der Waals surface area contributed by atoms with Crippen LogP contribution in [0.3, 0.4) is 0 Å². The fraction of sp³-hybridized carbons (Fsp3) is 0.600. The molecule has 0 atom stereocenters. The van der Waals surface area contributed by atoms with Crippen molar-refractivity contribution in [1.29, 1.82) is 0 Å². The van der Waals surface area contributed by atoms with E-state index in [4.69, 9.17) is 4.74 Å². The lowest BCUT2D eigenvalue weighted by molar-refractivity contribution is 0.271. The monoisotopic (exact) mass is 250 g/mol. The fourth-order valence-electron chi connectivity index (χ4n) is 1.53. The zero-order valence-electron chi connectivity index (χ0n) is 11.8. The zero-order chi connectivity index (χ0) is 13.2. The van der Waals surface area contributed by atoms with Gasteiger partial charge < -0.3 is 15.4 Å². The molecule has 102 valence electrons. The smallest absolute Gasteiger partial charge is 0.119 e. The van der Waals surface area contributed by atoms with Crippen molar-refractivity contribution in [2.24, 2.45) is 5.92 Å². The number of ether oxygens (including phenoxy) is 1. The first-order valence-electron chi connectivity index (χ1n) is 6.89. The van der Waals surface area contributed by atoms with Crippen LogP contribution in [-0.2, 0) is 0 Å². The van der Waals surface area contributed by atoms with Crippen LogP contribution >= 0.6 is 0 Å². The van der Waals surface area contributed by atoms with Crippen LogP contribution in [0.5, 0.6) is 5.75 Å². The summed E-state index contributed by atoms with van der Waals surface area (Å²) in [6, 6.07) is 8.17. The molecule has 0 aliphatic heterocycles. The molecule has 3 nitrogen and oxygen atoms in total. The van der Waals surface area contributed by atoms with Crippen molar-refractivity contribution in [3.8, 4) is 5.75 Å². The molecule has 0 heterocycles. The molecule has 0 radical (unpaired) electrons. The Kier molecular flexibility index (Phi) is 7.26. The van der Waals surface area contributed by atoms with Gasteiger partial charge in [-0.15, -0.1) is 0 Å². The number of nitrogens with one attached hydrogen (secondary N) is 2. The van der Waals surface area contributed by atoms with Gasteiger partial charge in [-0.2, -0.15) is 0 Å². The first-order valence-corrected chi connectivity index (χ1v) is 6.89. The third kappa shape index (κ3) is 6.50. The Hall–Kier alpha value is -1.22. The first kappa shape index (κ1) is 14.8. The lowest BCUT2D eigenvalue weighted by atomic mass is 10.2. The summed E-state index contributed by atoms with van der Waals surface area (Å²) in [6.45, 7) is 10.3. The quantitative estimate of drug-likeness (QED) is 0.661. The Morgan fingerprint density at radius 2 is 1.78 bits per heavy atom. The van der Waals surface area contributed by atoms with Gasteiger partial charge in [0.1, 0.15) is 5.75 Å². The molecule has 2 N–H and O–H groups in total. The van der Waals surface area contributed by atoms with E-state index in [1.807, 2.05) is 12.1 Å². The second kappa shape index (κ2) is 8.81. The minimum atomic E-state index is 0.562. The van der Waals surface area contributed by atoms with E-state index in [0.717, 1.165) is 37.7 Å². The summed E-state index contributed by atoms with van der Waals surface area (Å²) in [5.74, 6) is 1.51. The predicted molar refractivity (Wildman–Crippen MR) is 78.4 cm³/mol. The van der Waals surface area contributed by atoms with Gasteiger partial charge in [-0.05, 0) is 43.1 Å². The van der Waals surface area contributed by atoms with Crippen LogP contribution in [-0.4, -0.2) is 26.2 Å². The van der Waals surface area contributed by atoms with E-state index in [9.17, 15) is 0 Å². The molecule has 0 aliphatic rings. The number of hydrogen-bond acceptors (Lipinski definition) is 3. The van der Waals surface area contributed by atoms with Crippen LogP contribution in [0, 0.1) is 5.92 Å². The third-order valence-electron chi connectivity index (χ3n) is 2.50. The van der Waals surface area contributed by atoms with Gasteiger partial charge in [0.2, 0.25) is 0 Å². The van der Waals surface area contributed by atoms with Gasteiger partial charge in [0, 0.05) is 18.8 Å². The van der Waals surface area contributed by atoms with Crippen LogP contribution in [0.1, 0.15) is 27.2 Å². The Morgan fingerprint density at radius 3 is 2.39 bits per heavy atom. The Balaban J connectivity index is 2.23. The van der Waals surface area contributed by atoms with E-state index in [1.165, 1.54) is 6.42 Å². The van der Waals surface area contributed by atoms with Crippen LogP contribution in [0.2, 0.25) is 0 Å². The number of anilines is 1. The topological polar surface area (TPSA) is 33.3 Å². The van der Waals surface area contributed by atoms with Crippen LogP contribution in [0.4, 0.5) is 5.69 Å². The van der Waals surface area contributed by atoms with Crippen molar-refractivity contribution >= 4 is 5.69 Å². The third-order valence-corrected chi connectivity index (χ3v) is 2.50.